The number of hydrogen-bond donors (Lipinski definition) is 0. The Morgan fingerprint density at radius 2 is 0.892 bits per heavy atom. The SMILES string of the molecule is Cc1ccc(C(C)(C)C)c(C(C)(C)C)c1[O][Al]([CH2]C(C)C)[O]c1c(C)ccc(C(C)(C)C)c1C(C)(C)C. The van der Waals surface area contributed by atoms with Gasteiger partial charge in [0.1, 0.15) is 0 Å². The Bertz CT molecular complexity index is 1000. The van der Waals surface area contributed by atoms with Crippen LogP contribution in [0.15, 0.2) is 24.3 Å². The molecule has 0 aliphatic rings. The maximum atomic E-state index is 7.12. The van der Waals surface area contributed by atoms with Crippen molar-refractivity contribution in [2.24, 2.45) is 5.92 Å². The Kier molecular flexibility index (Phi) is 9.43. The third kappa shape index (κ3) is 7.80. The highest BCUT2D eigenvalue weighted by Crippen LogP contribution is 2.44. The minimum absolute atomic E-state index is 0.0292. The Balaban J connectivity index is 2.76. The molecule has 206 valence electrons. The van der Waals surface area contributed by atoms with Gasteiger partial charge >= 0.3 is 14.8 Å². The molecule has 0 radical (unpaired) electrons. The summed E-state index contributed by atoms with van der Waals surface area (Å²) in [5.41, 5.74) is 7.72. The van der Waals surface area contributed by atoms with Crippen molar-refractivity contribution < 1.29 is 7.58 Å². The van der Waals surface area contributed by atoms with Gasteiger partial charge in [0.25, 0.3) is 0 Å². The van der Waals surface area contributed by atoms with Crippen molar-refractivity contribution in [2.45, 2.75) is 138 Å². The average molecular weight is 523 g/mol. The lowest BCUT2D eigenvalue weighted by Gasteiger charge is -2.36. The van der Waals surface area contributed by atoms with Crippen molar-refractivity contribution in [3.8, 4) is 11.5 Å². The number of benzene rings is 2. The highest BCUT2D eigenvalue weighted by Gasteiger charge is 2.40. The Morgan fingerprint density at radius 1 is 0.568 bits per heavy atom. The predicted octanol–water partition coefficient (Wildman–Crippen LogP) is 10.1. The van der Waals surface area contributed by atoms with E-state index in [1.54, 1.807) is 0 Å². The summed E-state index contributed by atoms with van der Waals surface area (Å²) in [4.78, 5) is 0. The number of rotatable bonds is 6. The fourth-order valence-corrected chi connectivity index (χ4v) is 7.33. The summed E-state index contributed by atoms with van der Waals surface area (Å²) >= 11 is -2.15. The van der Waals surface area contributed by atoms with Gasteiger partial charge in [-0.05, 0) is 63.0 Å². The first-order valence-electron chi connectivity index (χ1n) is 14.2. The van der Waals surface area contributed by atoms with Crippen LogP contribution in [0.3, 0.4) is 0 Å². The van der Waals surface area contributed by atoms with Crippen LogP contribution in [0.4, 0.5) is 0 Å². The summed E-state index contributed by atoms with van der Waals surface area (Å²) in [6, 6.07) is 9.07. The molecule has 0 bridgehead atoms. The summed E-state index contributed by atoms with van der Waals surface area (Å²) in [5.74, 6) is 2.57. The van der Waals surface area contributed by atoms with Gasteiger partial charge in [-0.15, -0.1) is 0 Å². The number of aryl methyl sites for hydroxylation is 2. The molecule has 2 rings (SSSR count). The molecule has 0 aromatic heterocycles. The zero-order valence-corrected chi connectivity index (χ0v) is 28.1. The smallest absolute Gasteiger partial charge is 0.611 e. The molecule has 0 unspecified atom stereocenters. The topological polar surface area (TPSA) is 18.5 Å². The molecule has 3 heteroatoms. The molecule has 0 N–H and O–H groups in total. The normalized spacial score (nSPS) is 13.2. The molecule has 2 nitrogen and oxygen atoms in total. The van der Waals surface area contributed by atoms with E-state index in [-0.39, 0.29) is 21.7 Å². The highest BCUT2D eigenvalue weighted by atomic mass is 27.2. The van der Waals surface area contributed by atoms with Crippen molar-refractivity contribution in [2.75, 3.05) is 0 Å². The van der Waals surface area contributed by atoms with E-state index < -0.39 is 14.8 Å². The molecule has 0 saturated carbocycles. The zero-order valence-electron chi connectivity index (χ0n) is 27.0. The van der Waals surface area contributed by atoms with E-state index in [1.165, 1.54) is 33.4 Å². The first-order chi connectivity index (χ1) is 16.5. The van der Waals surface area contributed by atoms with Gasteiger partial charge in [-0.25, -0.2) is 0 Å². The molecule has 0 heterocycles. The minimum atomic E-state index is -2.15. The van der Waals surface area contributed by atoms with E-state index in [2.05, 4.69) is 135 Å². The fourth-order valence-electron chi connectivity index (χ4n) is 5.18. The van der Waals surface area contributed by atoms with Gasteiger partial charge in [0.05, 0.1) is 11.5 Å². The minimum Gasteiger partial charge on any atom is -0.611 e. The van der Waals surface area contributed by atoms with Crippen LogP contribution in [0.1, 0.15) is 130 Å². The lowest BCUT2D eigenvalue weighted by molar-refractivity contribution is 0.385. The molecular weight excluding hydrogens is 467 g/mol. The zero-order chi connectivity index (χ0) is 28.7. The van der Waals surface area contributed by atoms with Gasteiger partial charge in [-0.2, -0.15) is 0 Å². The largest absolute Gasteiger partial charge is 0.857 e. The molecule has 0 atom stereocenters. The van der Waals surface area contributed by atoms with Gasteiger partial charge in [0.2, 0.25) is 0 Å². The highest BCUT2D eigenvalue weighted by molar-refractivity contribution is 6.46. The quantitative estimate of drug-likeness (QED) is 0.351. The first-order valence-corrected chi connectivity index (χ1v) is 15.9. The summed E-state index contributed by atoms with van der Waals surface area (Å²) < 4.78 is 14.2. The molecule has 0 aliphatic carbocycles. The van der Waals surface area contributed by atoms with E-state index in [1.807, 2.05) is 0 Å². The van der Waals surface area contributed by atoms with Crippen LogP contribution in [0.25, 0.3) is 0 Å². The van der Waals surface area contributed by atoms with E-state index in [9.17, 15) is 0 Å². The summed E-state index contributed by atoms with van der Waals surface area (Å²) in [6.07, 6.45) is 0. The van der Waals surface area contributed by atoms with Crippen LogP contribution in [0.5, 0.6) is 11.5 Å². The first kappa shape index (κ1) is 31.8. The van der Waals surface area contributed by atoms with Crippen molar-refractivity contribution in [1.29, 1.82) is 0 Å². The third-order valence-electron chi connectivity index (χ3n) is 6.99. The lowest BCUT2D eigenvalue weighted by atomic mass is 9.74. The van der Waals surface area contributed by atoms with Gasteiger partial charge in [0.15, 0.2) is 0 Å². The Hall–Kier alpha value is -1.43. The fraction of sp³-hybridized carbons (Fsp3) is 0.647. The summed E-state index contributed by atoms with van der Waals surface area (Å²) in [5, 5.41) is 0.950. The molecule has 2 aromatic rings. The van der Waals surface area contributed by atoms with E-state index in [4.69, 9.17) is 7.58 Å². The van der Waals surface area contributed by atoms with Gasteiger partial charge in [0, 0.05) is 11.1 Å². The third-order valence-corrected chi connectivity index (χ3v) is 9.31. The van der Waals surface area contributed by atoms with Crippen molar-refractivity contribution in [3.63, 3.8) is 0 Å². The second-order valence-electron chi connectivity index (χ2n) is 15.6. The van der Waals surface area contributed by atoms with Crippen LogP contribution >= 0.6 is 0 Å². The van der Waals surface area contributed by atoms with Crippen LogP contribution < -0.4 is 7.58 Å². The van der Waals surface area contributed by atoms with Crippen molar-refractivity contribution in [1.82, 2.24) is 0 Å². The molecule has 0 spiro atoms. The van der Waals surface area contributed by atoms with Gasteiger partial charge in [-0.1, -0.05) is 127 Å². The Labute approximate surface area is 234 Å². The van der Waals surface area contributed by atoms with Crippen LogP contribution in [-0.2, 0) is 21.7 Å². The lowest BCUT2D eigenvalue weighted by Crippen LogP contribution is -2.35. The average Bonchev–Trinajstić information content (AvgIpc) is 2.66. The standard InChI is InChI=1S/2C15H24O.C4H9.Al/c2*1-10-8-9-11(14(2,3)4)12(13(10)16)15(5,6)7;1-4(2)3;/h2*8-9,16H,1-7H3;4H,1H2,2-3H3;/q;;;+2/p-2. The molecule has 0 amide bonds. The molecular formula is C34H55AlO2. The molecule has 2 aromatic carbocycles. The van der Waals surface area contributed by atoms with Crippen molar-refractivity contribution in [3.05, 3.63) is 57.6 Å². The molecule has 0 aliphatic heterocycles. The summed E-state index contributed by atoms with van der Waals surface area (Å²) in [6.45, 7) is 36.5. The van der Waals surface area contributed by atoms with E-state index in [0.29, 0.717) is 5.92 Å². The maximum absolute atomic E-state index is 7.12. The van der Waals surface area contributed by atoms with Crippen molar-refractivity contribution >= 4 is 14.8 Å². The van der Waals surface area contributed by atoms with E-state index >= 15 is 0 Å². The molecule has 0 fully saturated rings. The second kappa shape index (κ2) is 11.0. The second-order valence-corrected chi connectivity index (χ2v) is 17.4. The Morgan fingerprint density at radius 3 is 1.14 bits per heavy atom. The van der Waals surface area contributed by atoms with Crippen LogP contribution in [-0.4, -0.2) is 14.8 Å². The monoisotopic (exact) mass is 522 g/mol. The molecule has 0 saturated heterocycles. The maximum Gasteiger partial charge on any atom is 0.857 e. The van der Waals surface area contributed by atoms with Crippen LogP contribution in [0, 0.1) is 19.8 Å². The van der Waals surface area contributed by atoms with E-state index in [0.717, 1.165) is 16.8 Å². The van der Waals surface area contributed by atoms with Gasteiger partial charge in [-0.3, -0.25) is 0 Å². The summed E-state index contributed by atoms with van der Waals surface area (Å²) in [7, 11) is 0. The van der Waals surface area contributed by atoms with Crippen LogP contribution in [0.2, 0.25) is 5.28 Å². The number of hydrogen-bond acceptors (Lipinski definition) is 2. The molecule has 37 heavy (non-hydrogen) atoms. The predicted molar refractivity (Wildman–Crippen MR) is 164 cm³/mol. The van der Waals surface area contributed by atoms with Gasteiger partial charge < -0.3 is 7.58 Å².